The molecule has 4 atom stereocenters. The summed E-state index contributed by atoms with van der Waals surface area (Å²) < 4.78 is 1.16. The van der Waals surface area contributed by atoms with Crippen LogP contribution in [-0.4, -0.2) is 43.0 Å². The van der Waals surface area contributed by atoms with Gasteiger partial charge in [-0.1, -0.05) is 49.6 Å². The van der Waals surface area contributed by atoms with Gasteiger partial charge in [0.15, 0.2) is 18.9 Å². The van der Waals surface area contributed by atoms with Gasteiger partial charge in [-0.25, -0.2) is 8.97 Å². The van der Waals surface area contributed by atoms with Gasteiger partial charge in [0, 0.05) is 22.3 Å². The Hall–Kier alpha value is -4.59. The number of quaternary nitrogens is 2. The predicted octanol–water partition coefficient (Wildman–Crippen LogP) is 5.85. The van der Waals surface area contributed by atoms with Crippen LogP contribution >= 0.6 is 0 Å². The molecule has 46 heavy (non-hydrogen) atoms. The first kappa shape index (κ1) is 30.1. The van der Waals surface area contributed by atoms with Crippen molar-refractivity contribution in [3.05, 3.63) is 132 Å². The van der Waals surface area contributed by atoms with Gasteiger partial charge in [0.1, 0.15) is 22.8 Å². The van der Waals surface area contributed by atoms with Crippen molar-refractivity contribution < 1.29 is 14.4 Å². The van der Waals surface area contributed by atoms with Crippen LogP contribution in [0.25, 0.3) is 0 Å². The van der Waals surface area contributed by atoms with Gasteiger partial charge in [-0.15, -0.1) is 0 Å². The van der Waals surface area contributed by atoms with E-state index in [4.69, 9.17) is 0 Å². The van der Waals surface area contributed by atoms with Crippen molar-refractivity contribution >= 4 is 29.0 Å². The molecule has 2 aromatic carbocycles. The number of rotatable bonds is 6. The van der Waals surface area contributed by atoms with Crippen molar-refractivity contribution in [1.29, 1.82) is 0 Å². The van der Waals surface area contributed by atoms with Crippen LogP contribution in [0.5, 0.6) is 0 Å². The number of nitrogens with one attached hydrogen (secondary N) is 2. The Labute approximate surface area is 271 Å². The number of allylic oxidation sites excluding steroid dienone is 8. The quantitative estimate of drug-likeness (QED) is 0.244. The van der Waals surface area contributed by atoms with Gasteiger partial charge in [-0.3, -0.25) is 25.0 Å². The number of hydrogen-bond donors (Lipinski definition) is 2. The predicted molar refractivity (Wildman–Crippen MR) is 183 cm³/mol. The third-order valence-electron chi connectivity index (χ3n) is 11.0. The Kier molecular flexibility index (Phi) is 6.68. The van der Waals surface area contributed by atoms with Crippen LogP contribution in [0.4, 0.5) is 11.4 Å². The number of para-hydroxylation sites is 2. The van der Waals surface area contributed by atoms with E-state index in [1.807, 2.05) is 12.2 Å². The first-order valence-electron chi connectivity index (χ1n) is 16.1. The molecule has 1 aliphatic carbocycles. The molecule has 2 spiro atoms. The number of Topliss-reactive ketones (excluding diaryl/α,β-unsaturated/α-hetero) is 1. The molecule has 1 saturated carbocycles. The molecule has 7 rings (SSSR count). The maximum Gasteiger partial charge on any atom is 0.248 e. The lowest BCUT2D eigenvalue weighted by atomic mass is 9.83. The molecule has 4 unspecified atom stereocenters. The molecule has 2 aromatic rings. The van der Waals surface area contributed by atoms with Crippen molar-refractivity contribution in [2.75, 3.05) is 13.1 Å². The highest BCUT2D eigenvalue weighted by molar-refractivity contribution is 6.11. The fraction of sp³-hybridized carbons (Fsp3) is 0.308. The fourth-order valence-electron chi connectivity index (χ4n) is 8.57. The van der Waals surface area contributed by atoms with Gasteiger partial charge in [0.05, 0.1) is 10.8 Å². The zero-order valence-corrected chi connectivity index (χ0v) is 27.1. The Bertz CT molecular complexity index is 1740. The van der Waals surface area contributed by atoms with Crippen LogP contribution in [0.2, 0.25) is 0 Å². The lowest BCUT2D eigenvalue weighted by Gasteiger charge is -2.22. The van der Waals surface area contributed by atoms with E-state index < -0.39 is 0 Å². The monoisotopic (exact) mass is 614 g/mol. The number of amides is 2. The normalized spacial score (nSPS) is 32.7. The fourth-order valence-corrected chi connectivity index (χ4v) is 8.57. The van der Waals surface area contributed by atoms with E-state index in [0.717, 1.165) is 24.2 Å². The minimum Gasteiger partial charge on any atom is -0.298 e. The first-order valence-corrected chi connectivity index (χ1v) is 16.1. The molecule has 7 nitrogen and oxygen atoms in total. The van der Waals surface area contributed by atoms with Crippen LogP contribution < -0.4 is 19.6 Å². The second kappa shape index (κ2) is 10.2. The van der Waals surface area contributed by atoms with E-state index >= 15 is 0 Å². The van der Waals surface area contributed by atoms with Crippen LogP contribution in [0.1, 0.15) is 51.7 Å². The number of benzene rings is 2. The number of fused-ring (bicyclic) bond motifs is 4. The Morgan fingerprint density at radius 1 is 0.696 bits per heavy atom. The second-order valence-corrected chi connectivity index (χ2v) is 14.2. The van der Waals surface area contributed by atoms with Gasteiger partial charge in [0.2, 0.25) is 24.1 Å². The van der Waals surface area contributed by atoms with E-state index in [9.17, 15) is 14.4 Å². The molecule has 234 valence electrons. The van der Waals surface area contributed by atoms with Crippen LogP contribution in [-0.2, 0) is 25.2 Å². The Balaban J connectivity index is 1.20. The number of carbonyl (C=O) groups excluding carboxylic acids is 3. The zero-order valence-electron chi connectivity index (χ0n) is 27.1. The van der Waals surface area contributed by atoms with E-state index in [1.54, 1.807) is 0 Å². The largest absolute Gasteiger partial charge is 0.298 e. The summed E-state index contributed by atoms with van der Waals surface area (Å²) >= 11 is 0. The molecular weight excluding hydrogens is 572 g/mol. The van der Waals surface area contributed by atoms with Crippen molar-refractivity contribution in [2.45, 2.75) is 63.7 Å². The Morgan fingerprint density at radius 2 is 1.09 bits per heavy atom. The summed E-state index contributed by atoms with van der Waals surface area (Å²) in [5.74, 6) is -0.272. The standard InChI is InChI=1S/C39H40N4O3/c1-7-35(44)40-33-23-42(33)29-15-11-9-13-27(29)38(3,4)31(42)21-19-25-17-18-26(37(25)46)20-22-32-39(5,6)28-14-10-12-16-30(28)43(32)24-34(43)41-36(45)8-2/h7-16,19-22,33-34H,1-2,17-18,23-24H2,3-6H3/p+2. The molecule has 2 amide bonds. The lowest BCUT2D eigenvalue weighted by Crippen LogP contribution is -2.38. The summed E-state index contributed by atoms with van der Waals surface area (Å²) in [6.45, 7) is 17.7. The summed E-state index contributed by atoms with van der Waals surface area (Å²) in [7, 11) is 0. The molecular formula is C39H42N4O3+2. The van der Waals surface area contributed by atoms with E-state index in [0.29, 0.717) is 21.8 Å². The summed E-state index contributed by atoms with van der Waals surface area (Å²) in [4.78, 5) is 38.3. The molecule has 4 aliphatic heterocycles. The molecule has 5 aliphatic rings. The molecule has 0 bridgehead atoms. The summed E-state index contributed by atoms with van der Waals surface area (Å²) in [6, 6.07) is 16.9. The minimum atomic E-state index is -0.261. The highest BCUT2D eigenvalue weighted by Crippen LogP contribution is 2.60. The zero-order chi connectivity index (χ0) is 32.6. The van der Waals surface area contributed by atoms with E-state index in [2.05, 4.69) is 112 Å². The van der Waals surface area contributed by atoms with Crippen LogP contribution in [0.3, 0.4) is 0 Å². The number of hydrogen-bond acceptors (Lipinski definition) is 3. The van der Waals surface area contributed by atoms with E-state index in [-0.39, 0.29) is 40.8 Å². The van der Waals surface area contributed by atoms with Crippen molar-refractivity contribution in [2.24, 2.45) is 0 Å². The molecule has 3 fully saturated rings. The Morgan fingerprint density at radius 3 is 1.48 bits per heavy atom. The molecule has 2 saturated heterocycles. The average molecular weight is 615 g/mol. The summed E-state index contributed by atoms with van der Waals surface area (Å²) in [5.41, 5.74) is 8.32. The molecule has 0 aromatic heterocycles. The minimum absolute atomic E-state index is 0.0636. The maximum absolute atomic E-state index is 13.8. The second-order valence-electron chi connectivity index (χ2n) is 14.2. The highest BCUT2D eigenvalue weighted by Gasteiger charge is 2.70. The van der Waals surface area contributed by atoms with Gasteiger partial charge in [-0.2, -0.15) is 0 Å². The molecule has 4 heterocycles. The first-order chi connectivity index (χ1) is 21.9. The van der Waals surface area contributed by atoms with Crippen LogP contribution in [0.15, 0.2) is 121 Å². The van der Waals surface area contributed by atoms with Gasteiger partial charge in [0.25, 0.3) is 0 Å². The van der Waals surface area contributed by atoms with Gasteiger partial charge < -0.3 is 0 Å². The summed E-state index contributed by atoms with van der Waals surface area (Å²) in [5, 5.41) is 6.23. The lowest BCUT2D eigenvalue weighted by molar-refractivity contribution is -0.117. The SMILES string of the molecule is C=CC(=O)NC1C[N+]12C(=CC=C1CCC(=CC=C3C(C)(C)c4ccccc4[N+]34CC4NC(=O)C=C)C1=O)C(C)(C)c1ccccc12. The van der Waals surface area contributed by atoms with E-state index in [1.165, 1.54) is 46.0 Å². The maximum atomic E-state index is 13.8. The highest BCUT2D eigenvalue weighted by atomic mass is 16.2. The number of ketones is 1. The average Bonchev–Trinajstić information content (AvgIpc) is 3.87. The molecule has 2 N–H and O–H groups in total. The van der Waals surface area contributed by atoms with Crippen molar-refractivity contribution in [3.8, 4) is 0 Å². The van der Waals surface area contributed by atoms with Crippen LogP contribution in [0, 0.1) is 0 Å². The summed E-state index contributed by atoms with van der Waals surface area (Å²) in [6.07, 6.45) is 12.2. The van der Waals surface area contributed by atoms with Gasteiger partial charge >= 0.3 is 0 Å². The topological polar surface area (TPSA) is 75.3 Å². The molecule has 0 radical (unpaired) electrons. The van der Waals surface area contributed by atoms with Gasteiger partial charge in [-0.05, 0) is 89.1 Å². The third-order valence-corrected chi connectivity index (χ3v) is 11.0. The number of carbonyl (C=O) groups is 3. The van der Waals surface area contributed by atoms with Crippen molar-refractivity contribution in [1.82, 2.24) is 19.6 Å². The molecule has 7 heteroatoms. The smallest absolute Gasteiger partial charge is 0.248 e. The number of nitrogens with zero attached hydrogens (tertiary/aromatic N) is 2. The third kappa shape index (κ3) is 4.15. The van der Waals surface area contributed by atoms with Crippen molar-refractivity contribution in [3.63, 3.8) is 0 Å².